The molecule has 0 saturated heterocycles. The van der Waals surface area contributed by atoms with E-state index in [-0.39, 0.29) is 18.0 Å². The first-order chi connectivity index (χ1) is 9.99. The molecule has 21 heavy (non-hydrogen) atoms. The number of Topliss-reactive ketones (excluding diaryl/α,β-unsaturated/α-hetero) is 1. The van der Waals surface area contributed by atoms with Gasteiger partial charge in [-0.1, -0.05) is 12.1 Å². The summed E-state index contributed by atoms with van der Waals surface area (Å²) in [5.74, 6) is -1.21. The molecule has 0 aromatic heterocycles. The lowest BCUT2D eigenvalue weighted by molar-refractivity contribution is 0.0678. The van der Waals surface area contributed by atoms with Gasteiger partial charge >= 0.3 is 6.43 Å². The highest BCUT2D eigenvalue weighted by molar-refractivity contribution is 5.98. The Kier molecular flexibility index (Phi) is 4.62. The van der Waals surface area contributed by atoms with Crippen molar-refractivity contribution in [3.05, 3.63) is 65.0 Å². The lowest BCUT2D eigenvalue weighted by Gasteiger charge is -2.10. The Morgan fingerprint density at radius 2 is 1.81 bits per heavy atom. The molecule has 110 valence electrons. The molecular formula is C16H13F3O2. The van der Waals surface area contributed by atoms with Crippen molar-refractivity contribution in [1.82, 2.24) is 0 Å². The molecule has 2 nitrogen and oxygen atoms in total. The summed E-state index contributed by atoms with van der Waals surface area (Å²) in [5.41, 5.74) is 1.11. The third kappa shape index (κ3) is 3.62. The van der Waals surface area contributed by atoms with Gasteiger partial charge in [0.15, 0.2) is 0 Å². The van der Waals surface area contributed by atoms with Crippen LogP contribution in [0.5, 0.6) is 5.75 Å². The van der Waals surface area contributed by atoms with Crippen molar-refractivity contribution >= 4 is 5.78 Å². The zero-order chi connectivity index (χ0) is 15.4. The Balaban J connectivity index is 2.06. The summed E-state index contributed by atoms with van der Waals surface area (Å²) < 4.78 is 43.5. The molecular weight excluding hydrogens is 281 g/mol. The Morgan fingerprint density at radius 3 is 2.38 bits per heavy atom. The molecule has 0 fully saturated rings. The zero-order valence-electron chi connectivity index (χ0n) is 11.3. The predicted octanol–water partition coefficient (Wildman–Crippen LogP) is 4.16. The van der Waals surface area contributed by atoms with Gasteiger partial charge in [0.05, 0.1) is 0 Å². The molecule has 0 N–H and O–H groups in total. The Labute approximate surface area is 120 Å². The van der Waals surface area contributed by atoms with Crippen LogP contribution in [0.2, 0.25) is 0 Å². The largest absolute Gasteiger partial charge is 0.489 e. The van der Waals surface area contributed by atoms with E-state index in [2.05, 4.69) is 0 Å². The van der Waals surface area contributed by atoms with Crippen molar-refractivity contribution in [3.8, 4) is 5.75 Å². The number of hydrogen-bond acceptors (Lipinski definition) is 2. The Morgan fingerprint density at radius 1 is 1.14 bits per heavy atom. The van der Waals surface area contributed by atoms with Gasteiger partial charge < -0.3 is 4.74 Å². The van der Waals surface area contributed by atoms with E-state index in [0.29, 0.717) is 11.3 Å². The van der Waals surface area contributed by atoms with Gasteiger partial charge in [-0.05, 0) is 42.8 Å². The van der Waals surface area contributed by atoms with Gasteiger partial charge in [-0.2, -0.15) is 0 Å². The molecule has 0 aliphatic carbocycles. The molecule has 2 aromatic carbocycles. The van der Waals surface area contributed by atoms with Gasteiger partial charge in [0.25, 0.3) is 0 Å². The number of halogens is 3. The van der Waals surface area contributed by atoms with Crippen molar-refractivity contribution in [2.24, 2.45) is 0 Å². The summed E-state index contributed by atoms with van der Waals surface area (Å²) in [4.78, 5) is 11.1. The fourth-order valence-electron chi connectivity index (χ4n) is 1.85. The molecule has 0 bridgehead atoms. The van der Waals surface area contributed by atoms with Crippen molar-refractivity contribution < 1.29 is 22.7 Å². The van der Waals surface area contributed by atoms with E-state index in [1.54, 1.807) is 19.1 Å². The van der Waals surface area contributed by atoms with E-state index in [9.17, 15) is 18.0 Å². The van der Waals surface area contributed by atoms with E-state index in [4.69, 9.17) is 4.74 Å². The van der Waals surface area contributed by atoms with Crippen LogP contribution < -0.4 is 4.74 Å². The minimum atomic E-state index is -3.03. The van der Waals surface area contributed by atoms with Crippen LogP contribution >= 0.6 is 0 Å². The lowest BCUT2D eigenvalue weighted by Crippen LogP contribution is -2.09. The third-order valence-electron chi connectivity index (χ3n) is 3.07. The molecule has 0 aliphatic rings. The van der Waals surface area contributed by atoms with E-state index in [0.717, 1.165) is 5.56 Å². The van der Waals surface area contributed by atoms with E-state index in [1.807, 2.05) is 0 Å². The van der Waals surface area contributed by atoms with Gasteiger partial charge in [-0.15, -0.1) is 0 Å². The first kappa shape index (κ1) is 15.1. The molecule has 0 heterocycles. The second kappa shape index (κ2) is 6.43. The number of aryl methyl sites for hydroxylation is 1. The van der Waals surface area contributed by atoms with E-state index in [1.165, 1.54) is 30.3 Å². The average Bonchev–Trinajstić information content (AvgIpc) is 2.46. The van der Waals surface area contributed by atoms with Crippen LogP contribution in [0.25, 0.3) is 0 Å². The van der Waals surface area contributed by atoms with Crippen LogP contribution in [0.1, 0.15) is 21.5 Å². The normalized spacial score (nSPS) is 10.7. The molecule has 2 aromatic rings. The quantitative estimate of drug-likeness (QED) is 0.774. The van der Waals surface area contributed by atoms with Crippen LogP contribution in [-0.4, -0.2) is 12.2 Å². The number of carbonyl (C=O) groups is 1. The maximum atomic E-state index is 13.6. The van der Waals surface area contributed by atoms with Crippen molar-refractivity contribution in [3.63, 3.8) is 0 Å². The van der Waals surface area contributed by atoms with Crippen LogP contribution in [0.3, 0.4) is 0 Å². The second-order valence-electron chi connectivity index (χ2n) is 4.51. The highest BCUT2D eigenvalue weighted by atomic mass is 19.3. The zero-order valence-corrected chi connectivity index (χ0v) is 11.3. The molecule has 0 spiro atoms. The molecule has 0 unspecified atom stereocenters. The molecule has 5 heteroatoms. The monoisotopic (exact) mass is 294 g/mol. The molecule has 2 rings (SSSR count). The highest BCUT2D eigenvalue weighted by Gasteiger charge is 2.17. The molecule has 0 aliphatic heterocycles. The third-order valence-corrected chi connectivity index (χ3v) is 3.07. The molecule has 0 atom stereocenters. The highest BCUT2D eigenvalue weighted by Crippen LogP contribution is 2.19. The van der Waals surface area contributed by atoms with Crippen LogP contribution in [0.4, 0.5) is 13.2 Å². The topological polar surface area (TPSA) is 26.3 Å². The number of alkyl halides is 2. The molecule has 0 radical (unpaired) electrons. The van der Waals surface area contributed by atoms with Crippen molar-refractivity contribution in [2.75, 3.05) is 0 Å². The van der Waals surface area contributed by atoms with Crippen molar-refractivity contribution in [2.45, 2.75) is 20.0 Å². The minimum absolute atomic E-state index is 0.0284. The second-order valence-corrected chi connectivity index (χ2v) is 4.51. The molecule has 0 amide bonds. The summed E-state index contributed by atoms with van der Waals surface area (Å²) in [6.07, 6.45) is -3.03. The summed E-state index contributed by atoms with van der Waals surface area (Å²) in [5, 5.41) is 0. The number of rotatable bonds is 5. The van der Waals surface area contributed by atoms with Gasteiger partial charge in [-0.3, -0.25) is 4.79 Å². The number of ketones is 1. The average molecular weight is 294 g/mol. The summed E-state index contributed by atoms with van der Waals surface area (Å²) >= 11 is 0. The lowest BCUT2D eigenvalue weighted by atomic mass is 10.1. The van der Waals surface area contributed by atoms with E-state index < -0.39 is 12.2 Å². The number of ether oxygens (including phenoxy) is 1. The number of hydrogen-bond donors (Lipinski definition) is 0. The first-order valence-electron chi connectivity index (χ1n) is 6.28. The van der Waals surface area contributed by atoms with E-state index >= 15 is 0 Å². The summed E-state index contributed by atoms with van der Waals surface area (Å²) in [6.45, 7) is 1.80. The number of carbonyl (C=O) groups excluding carboxylic acids is 1. The Bertz CT molecular complexity index is 616. The summed E-state index contributed by atoms with van der Waals surface area (Å²) in [6, 6.07) is 10.1. The standard InChI is InChI=1S/C16H13F3O2/c1-10-3-2-4-14(17)13(10)9-21-12-7-5-11(6-8-12)15(20)16(18)19/h2-8,16H,9H2,1H3. The van der Waals surface area contributed by atoms with Crippen LogP contribution in [-0.2, 0) is 6.61 Å². The van der Waals surface area contributed by atoms with Crippen LogP contribution in [0, 0.1) is 12.7 Å². The Hall–Kier alpha value is -2.30. The van der Waals surface area contributed by atoms with Gasteiger partial charge in [0.1, 0.15) is 18.2 Å². The fraction of sp³-hybridized carbons (Fsp3) is 0.188. The maximum absolute atomic E-state index is 13.6. The minimum Gasteiger partial charge on any atom is -0.489 e. The van der Waals surface area contributed by atoms with Gasteiger partial charge in [0.2, 0.25) is 5.78 Å². The smallest absolute Gasteiger partial charge is 0.300 e. The van der Waals surface area contributed by atoms with Gasteiger partial charge in [0, 0.05) is 11.1 Å². The number of benzene rings is 2. The SMILES string of the molecule is Cc1cccc(F)c1COc1ccc(C(=O)C(F)F)cc1. The van der Waals surface area contributed by atoms with Crippen molar-refractivity contribution in [1.29, 1.82) is 0 Å². The summed E-state index contributed by atoms with van der Waals surface area (Å²) in [7, 11) is 0. The van der Waals surface area contributed by atoms with Gasteiger partial charge in [-0.25, -0.2) is 13.2 Å². The fourth-order valence-corrected chi connectivity index (χ4v) is 1.85. The maximum Gasteiger partial charge on any atom is 0.300 e. The predicted molar refractivity (Wildman–Crippen MR) is 72.2 cm³/mol. The first-order valence-corrected chi connectivity index (χ1v) is 6.28. The molecule has 0 saturated carbocycles. The van der Waals surface area contributed by atoms with Crippen LogP contribution in [0.15, 0.2) is 42.5 Å².